The molecule has 1 aromatic carbocycles. The maximum atomic E-state index is 13.2. The van der Waals surface area contributed by atoms with Crippen LogP contribution in [-0.2, 0) is 0 Å². The molecular weight excluding hydrogens is 181 g/mol. The van der Waals surface area contributed by atoms with E-state index in [0.29, 0.717) is 5.69 Å². The van der Waals surface area contributed by atoms with E-state index in [1.807, 2.05) is 0 Å². The van der Waals surface area contributed by atoms with Gasteiger partial charge in [-0.1, -0.05) is 12.1 Å². The first-order valence-electron chi connectivity index (χ1n) is 4.96. The van der Waals surface area contributed by atoms with Crippen molar-refractivity contribution in [1.82, 2.24) is 0 Å². The fourth-order valence-corrected chi connectivity index (χ4v) is 1.89. The summed E-state index contributed by atoms with van der Waals surface area (Å²) < 4.78 is 13.2. The van der Waals surface area contributed by atoms with Crippen molar-refractivity contribution in [2.75, 3.05) is 5.32 Å². The molecule has 0 aliphatic heterocycles. The Balaban J connectivity index is 2.07. The summed E-state index contributed by atoms with van der Waals surface area (Å²) in [5.74, 6) is -0.258. The summed E-state index contributed by atoms with van der Waals surface area (Å²) in [6, 6.07) is 6.56. The largest absolute Gasteiger partial charge is 0.391 e. The van der Waals surface area contributed by atoms with Crippen molar-refractivity contribution in [3.05, 3.63) is 30.1 Å². The van der Waals surface area contributed by atoms with Crippen molar-refractivity contribution in [3.63, 3.8) is 0 Å². The smallest absolute Gasteiger partial charge is 0.146 e. The van der Waals surface area contributed by atoms with Crippen LogP contribution in [0, 0.1) is 5.82 Å². The Morgan fingerprint density at radius 3 is 2.71 bits per heavy atom. The van der Waals surface area contributed by atoms with Gasteiger partial charge in [0.05, 0.1) is 17.8 Å². The van der Waals surface area contributed by atoms with Crippen LogP contribution < -0.4 is 5.32 Å². The Bertz CT molecular complexity index is 316. The van der Waals surface area contributed by atoms with Crippen LogP contribution in [0.2, 0.25) is 0 Å². The minimum atomic E-state index is -0.338. The molecule has 1 aromatic rings. The quantitative estimate of drug-likeness (QED) is 0.757. The second kappa shape index (κ2) is 3.96. The molecule has 0 heterocycles. The second-order valence-corrected chi connectivity index (χ2v) is 3.73. The minimum Gasteiger partial charge on any atom is -0.391 e. The first-order valence-corrected chi connectivity index (χ1v) is 4.96. The van der Waals surface area contributed by atoms with Gasteiger partial charge >= 0.3 is 0 Å². The maximum absolute atomic E-state index is 13.2. The summed E-state index contributed by atoms with van der Waals surface area (Å²) in [5, 5.41) is 12.6. The van der Waals surface area contributed by atoms with E-state index in [2.05, 4.69) is 5.32 Å². The highest BCUT2D eigenvalue weighted by Crippen LogP contribution is 2.24. The molecule has 0 amide bonds. The molecule has 1 aliphatic rings. The lowest BCUT2D eigenvalue weighted by molar-refractivity contribution is 0.171. The maximum Gasteiger partial charge on any atom is 0.146 e. The molecule has 1 aliphatic carbocycles. The van der Waals surface area contributed by atoms with Crippen molar-refractivity contribution in [2.24, 2.45) is 0 Å². The Morgan fingerprint density at radius 1 is 1.29 bits per heavy atom. The number of hydrogen-bond donors (Lipinski definition) is 2. The van der Waals surface area contributed by atoms with E-state index >= 15 is 0 Å². The van der Waals surface area contributed by atoms with Gasteiger partial charge in [-0.2, -0.15) is 0 Å². The van der Waals surface area contributed by atoms with Gasteiger partial charge in [0.15, 0.2) is 0 Å². The molecule has 3 heteroatoms. The Morgan fingerprint density at radius 2 is 2.07 bits per heavy atom. The fourth-order valence-electron chi connectivity index (χ4n) is 1.89. The molecule has 2 atom stereocenters. The van der Waals surface area contributed by atoms with Crippen molar-refractivity contribution in [1.29, 1.82) is 0 Å². The highest BCUT2D eigenvalue weighted by atomic mass is 19.1. The molecule has 0 unspecified atom stereocenters. The van der Waals surface area contributed by atoms with E-state index < -0.39 is 0 Å². The first kappa shape index (κ1) is 9.46. The molecule has 76 valence electrons. The number of rotatable bonds is 2. The number of hydrogen-bond acceptors (Lipinski definition) is 2. The zero-order valence-electron chi connectivity index (χ0n) is 7.91. The fraction of sp³-hybridized carbons (Fsp3) is 0.455. The van der Waals surface area contributed by atoms with Gasteiger partial charge in [-0.3, -0.25) is 0 Å². The van der Waals surface area contributed by atoms with Gasteiger partial charge < -0.3 is 10.4 Å². The van der Waals surface area contributed by atoms with Crippen molar-refractivity contribution in [3.8, 4) is 0 Å². The Hall–Kier alpha value is -1.09. The molecule has 1 fully saturated rings. The summed E-state index contributed by atoms with van der Waals surface area (Å²) >= 11 is 0. The summed E-state index contributed by atoms with van der Waals surface area (Å²) in [6.45, 7) is 0. The van der Waals surface area contributed by atoms with Crippen molar-refractivity contribution < 1.29 is 9.50 Å². The van der Waals surface area contributed by atoms with Gasteiger partial charge in [-0.15, -0.1) is 0 Å². The SMILES string of the molecule is O[C@H]1CCC[C@@H]1Nc1ccccc1F. The monoisotopic (exact) mass is 195 g/mol. The van der Waals surface area contributed by atoms with E-state index in [1.165, 1.54) is 6.07 Å². The lowest BCUT2D eigenvalue weighted by Crippen LogP contribution is -2.28. The van der Waals surface area contributed by atoms with E-state index in [9.17, 15) is 9.50 Å². The van der Waals surface area contributed by atoms with Gasteiger partial charge in [0, 0.05) is 0 Å². The molecule has 0 spiro atoms. The number of benzene rings is 1. The van der Waals surface area contributed by atoms with Gasteiger partial charge in [0.1, 0.15) is 5.82 Å². The molecule has 2 N–H and O–H groups in total. The van der Waals surface area contributed by atoms with Crippen LogP contribution in [0.4, 0.5) is 10.1 Å². The summed E-state index contributed by atoms with van der Waals surface area (Å²) in [6.07, 6.45) is 2.39. The molecule has 0 aromatic heterocycles. The van der Waals surface area contributed by atoms with Gasteiger partial charge in [0.2, 0.25) is 0 Å². The average Bonchev–Trinajstić information content (AvgIpc) is 2.56. The topological polar surface area (TPSA) is 32.3 Å². The highest BCUT2D eigenvalue weighted by Gasteiger charge is 2.25. The second-order valence-electron chi connectivity index (χ2n) is 3.73. The third-order valence-corrected chi connectivity index (χ3v) is 2.69. The number of halogens is 1. The number of para-hydroxylation sites is 1. The Kier molecular flexibility index (Phi) is 2.68. The Labute approximate surface area is 82.8 Å². The first-order chi connectivity index (χ1) is 6.77. The average molecular weight is 195 g/mol. The van der Waals surface area contributed by atoms with E-state index in [1.54, 1.807) is 18.2 Å². The minimum absolute atomic E-state index is 0.00639. The highest BCUT2D eigenvalue weighted by molar-refractivity contribution is 5.45. The van der Waals surface area contributed by atoms with Crippen LogP contribution in [0.15, 0.2) is 24.3 Å². The van der Waals surface area contributed by atoms with Crippen LogP contribution in [0.3, 0.4) is 0 Å². The third-order valence-electron chi connectivity index (χ3n) is 2.69. The predicted molar refractivity (Wildman–Crippen MR) is 53.7 cm³/mol. The standard InChI is InChI=1S/C11H14FNO/c12-8-4-1-2-5-9(8)13-10-6-3-7-11(10)14/h1-2,4-5,10-11,13-14H,3,6-7H2/t10-,11-/m0/s1. The van der Waals surface area contributed by atoms with E-state index in [0.717, 1.165) is 19.3 Å². The summed E-state index contributed by atoms with van der Waals surface area (Å²) in [5.41, 5.74) is 0.485. The zero-order valence-corrected chi connectivity index (χ0v) is 7.91. The molecule has 14 heavy (non-hydrogen) atoms. The molecule has 2 nitrogen and oxygen atoms in total. The molecule has 2 rings (SSSR count). The van der Waals surface area contributed by atoms with Crippen LogP contribution in [0.5, 0.6) is 0 Å². The zero-order chi connectivity index (χ0) is 9.97. The van der Waals surface area contributed by atoms with E-state index in [-0.39, 0.29) is 18.0 Å². The van der Waals surface area contributed by atoms with Crippen molar-refractivity contribution in [2.45, 2.75) is 31.4 Å². The van der Waals surface area contributed by atoms with Gasteiger partial charge in [-0.25, -0.2) is 4.39 Å². The number of anilines is 1. The summed E-state index contributed by atoms with van der Waals surface area (Å²) in [4.78, 5) is 0. The van der Waals surface area contributed by atoms with Crippen LogP contribution in [-0.4, -0.2) is 17.3 Å². The number of aliphatic hydroxyl groups excluding tert-OH is 1. The third kappa shape index (κ3) is 1.87. The van der Waals surface area contributed by atoms with Crippen LogP contribution in [0.1, 0.15) is 19.3 Å². The van der Waals surface area contributed by atoms with Crippen molar-refractivity contribution >= 4 is 5.69 Å². The molecule has 0 bridgehead atoms. The normalized spacial score (nSPS) is 26.4. The van der Waals surface area contributed by atoms with Gasteiger partial charge in [0.25, 0.3) is 0 Å². The number of aliphatic hydroxyl groups is 1. The predicted octanol–water partition coefficient (Wildman–Crippen LogP) is 2.15. The van der Waals surface area contributed by atoms with Crippen LogP contribution >= 0.6 is 0 Å². The molecule has 0 radical (unpaired) electrons. The molecule has 0 saturated heterocycles. The lowest BCUT2D eigenvalue weighted by atomic mass is 10.2. The van der Waals surface area contributed by atoms with Crippen LogP contribution in [0.25, 0.3) is 0 Å². The van der Waals surface area contributed by atoms with Gasteiger partial charge in [-0.05, 0) is 31.4 Å². The lowest BCUT2D eigenvalue weighted by Gasteiger charge is -2.17. The van der Waals surface area contributed by atoms with E-state index in [4.69, 9.17) is 0 Å². The molecular formula is C11H14FNO. The number of nitrogens with one attached hydrogen (secondary N) is 1. The summed E-state index contributed by atoms with van der Waals surface area (Å²) in [7, 11) is 0. The molecule has 1 saturated carbocycles.